The Morgan fingerprint density at radius 3 is 2.79 bits per heavy atom. The van der Waals surface area contributed by atoms with Crippen LogP contribution in [0.1, 0.15) is 35.3 Å². The van der Waals surface area contributed by atoms with Crippen LogP contribution < -0.4 is 4.74 Å². The lowest BCUT2D eigenvalue weighted by molar-refractivity contribution is 0.112. The van der Waals surface area contributed by atoms with E-state index in [9.17, 15) is 4.79 Å². The summed E-state index contributed by atoms with van der Waals surface area (Å²) < 4.78 is 5.76. The van der Waals surface area contributed by atoms with E-state index in [1.807, 2.05) is 19.1 Å². The van der Waals surface area contributed by atoms with Gasteiger partial charge < -0.3 is 4.74 Å². The van der Waals surface area contributed by atoms with Crippen molar-refractivity contribution in [1.82, 2.24) is 0 Å². The number of fused-ring (bicyclic) bond motifs is 1. The van der Waals surface area contributed by atoms with Crippen LogP contribution in [0, 0.1) is 6.92 Å². The minimum atomic E-state index is -0.130. The summed E-state index contributed by atoms with van der Waals surface area (Å²) in [6.07, 6.45) is 1.79. The Morgan fingerprint density at radius 2 is 2.14 bits per heavy atom. The van der Waals surface area contributed by atoms with Gasteiger partial charge in [0.1, 0.15) is 17.6 Å². The average molecular weight is 190 g/mol. The molecule has 1 aliphatic rings. The van der Waals surface area contributed by atoms with Gasteiger partial charge in [-0.1, -0.05) is 0 Å². The zero-order chi connectivity index (χ0) is 10.3. The highest BCUT2D eigenvalue weighted by Crippen LogP contribution is 2.37. The summed E-state index contributed by atoms with van der Waals surface area (Å²) in [5.41, 5.74) is 2.95. The molecule has 0 saturated carbocycles. The van der Waals surface area contributed by atoms with Crippen molar-refractivity contribution in [2.45, 2.75) is 32.8 Å². The number of aryl methyl sites for hydroxylation is 1. The van der Waals surface area contributed by atoms with Crippen molar-refractivity contribution in [3.63, 3.8) is 0 Å². The highest BCUT2D eigenvalue weighted by molar-refractivity contribution is 5.77. The molecule has 0 unspecified atom stereocenters. The van der Waals surface area contributed by atoms with Gasteiger partial charge in [-0.2, -0.15) is 0 Å². The van der Waals surface area contributed by atoms with Gasteiger partial charge >= 0.3 is 0 Å². The molecule has 1 aromatic rings. The number of hydrogen-bond donors (Lipinski definition) is 0. The lowest BCUT2D eigenvalue weighted by Gasteiger charge is -2.16. The van der Waals surface area contributed by atoms with Crippen molar-refractivity contribution < 1.29 is 9.53 Å². The van der Waals surface area contributed by atoms with Crippen LogP contribution in [0.15, 0.2) is 12.1 Å². The third-order valence-electron chi connectivity index (χ3n) is 2.58. The number of rotatable bonds is 1. The third-order valence-corrected chi connectivity index (χ3v) is 2.58. The molecule has 0 atom stereocenters. The standard InChI is InChI=1S/C12H14O2/c1-8-4-9(7-13)5-11-10(8)6-12(2,3)14-11/h4-5,7H,6H2,1-3H3. The minimum absolute atomic E-state index is 0.130. The van der Waals surface area contributed by atoms with Gasteiger partial charge in [0, 0.05) is 17.5 Å². The van der Waals surface area contributed by atoms with Crippen LogP contribution in [-0.2, 0) is 6.42 Å². The lowest BCUT2D eigenvalue weighted by Crippen LogP contribution is -2.24. The fraction of sp³-hybridized carbons (Fsp3) is 0.417. The van der Waals surface area contributed by atoms with Crippen molar-refractivity contribution in [3.05, 3.63) is 28.8 Å². The third kappa shape index (κ3) is 1.41. The molecule has 2 heteroatoms. The number of aldehydes is 1. The Bertz CT molecular complexity index is 392. The maximum absolute atomic E-state index is 10.7. The van der Waals surface area contributed by atoms with E-state index in [1.165, 1.54) is 5.56 Å². The SMILES string of the molecule is Cc1cc(C=O)cc2c1CC(C)(C)O2. The van der Waals surface area contributed by atoms with E-state index in [2.05, 4.69) is 13.8 Å². The molecule has 0 saturated heterocycles. The fourth-order valence-corrected chi connectivity index (χ4v) is 1.96. The normalized spacial score (nSPS) is 17.4. The molecule has 0 spiro atoms. The van der Waals surface area contributed by atoms with Crippen LogP contribution in [0.2, 0.25) is 0 Å². The summed E-state index contributed by atoms with van der Waals surface area (Å²) in [5.74, 6) is 0.872. The molecule has 1 heterocycles. The first-order chi connectivity index (χ1) is 6.52. The Balaban J connectivity index is 2.52. The van der Waals surface area contributed by atoms with Crippen molar-refractivity contribution in [2.75, 3.05) is 0 Å². The van der Waals surface area contributed by atoms with Crippen LogP contribution >= 0.6 is 0 Å². The first kappa shape index (κ1) is 9.25. The van der Waals surface area contributed by atoms with E-state index >= 15 is 0 Å². The molecule has 0 amide bonds. The number of carbonyl (C=O) groups is 1. The summed E-state index contributed by atoms with van der Waals surface area (Å²) in [5, 5.41) is 0. The maximum Gasteiger partial charge on any atom is 0.150 e. The molecule has 0 N–H and O–H groups in total. The molecule has 14 heavy (non-hydrogen) atoms. The Kier molecular flexibility index (Phi) is 1.88. The first-order valence-electron chi connectivity index (χ1n) is 4.79. The molecule has 74 valence electrons. The van der Waals surface area contributed by atoms with Crippen LogP contribution in [0.25, 0.3) is 0 Å². The Hall–Kier alpha value is -1.31. The zero-order valence-corrected chi connectivity index (χ0v) is 8.76. The molecular formula is C12H14O2. The summed E-state index contributed by atoms with van der Waals surface area (Å²) in [7, 11) is 0. The summed E-state index contributed by atoms with van der Waals surface area (Å²) >= 11 is 0. The topological polar surface area (TPSA) is 26.3 Å². The molecule has 1 aliphatic heterocycles. The van der Waals surface area contributed by atoms with Gasteiger partial charge in [0.2, 0.25) is 0 Å². The van der Waals surface area contributed by atoms with Crippen LogP contribution in [0.5, 0.6) is 5.75 Å². The van der Waals surface area contributed by atoms with Gasteiger partial charge in [-0.25, -0.2) is 0 Å². The molecule has 0 fully saturated rings. The van der Waals surface area contributed by atoms with E-state index in [0.29, 0.717) is 5.56 Å². The molecule has 2 nitrogen and oxygen atoms in total. The van der Waals surface area contributed by atoms with Crippen LogP contribution in [-0.4, -0.2) is 11.9 Å². The van der Waals surface area contributed by atoms with E-state index in [0.717, 1.165) is 24.0 Å². The predicted molar refractivity (Wildman–Crippen MR) is 55.0 cm³/mol. The summed E-state index contributed by atoms with van der Waals surface area (Å²) in [6, 6.07) is 3.74. The molecule has 1 aromatic carbocycles. The summed E-state index contributed by atoms with van der Waals surface area (Å²) in [4.78, 5) is 10.7. The van der Waals surface area contributed by atoms with E-state index in [4.69, 9.17) is 4.74 Å². The molecule has 0 aromatic heterocycles. The van der Waals surface area contributed by atoms with Gasteiger partial charge in [-0.15, -0.1) is 0 Å². The Morgan fingerprint density at radius 1 is 1.43 bits per heavy atom. The van der Waals surface area contributed by atoms with Crippen molar-refractivity contribution in [2.24, 2.45) is 0 Å². The molecule has 0 radical (unpaired) electrons. The quantitative estimate of drug-likeness (QED) is 0.636. The summed E-state index contributed by atoms with van der Waals surface area (Å²) in [6.45, 7) is 6.15. The van der Waals surface area contributed by atoms with Crippen molar-refractivity contribution in [1.29, 1.82) is 0 Å². The monoisotopic (exact) mass is 190 g/mol. The number of carbonyl (C=O) groups excluding carboxylic acids is 1. The molecule has 2 rings (SSSR count). The lowest BCUT2D eigenvalue weighted by atomic mass is 9.97. The number of ether oxygens (including phenoxy) is 1. The maximum atomic E-state index is 10.7. The predicted octanol–water partition coefficient (Wildman–Crippen LogP) is 2.52. The highest BCUT2D eigenvalue weighted by atomic mass is 16.5. The second kappa shape index (κ2) is 2.84. The van der Waals surface area contributed by atoms with Crippen LogP contribution in [0.4, 0.5) is 0 Å². The van der Waals surface area contributed by atoms with E-state index < -0.39 is 0 Å². The molecule has 0 bridgehead atoms. The zero-order valence-electron chi connectivity index (χ0n) is 8.76. The number of hydrogen-bond acceptors (Lipinski definition) is 2. The largest absolute Gasteiger partial charge is 0.487 e. The molecular weight excluding hydrogens is 176 g/mol. The van der Waals surface area contributed by atoms with E-state index in [1.54, 1.807) is 0 Å². The molecule has 0 aliphatic carbocycles. The Labute approximate surface area is 83.9 Å². The van der Waals surface area contributed by atoms with Crippen molar-refractivity contribution in [3.8, 4) is 5.75 Å². The first-order valence-corrected chi connectivity index (χ1v) is 4.79. The van der Waals surface area contributed by atoms with Gasteiger partial charge in [0.15, 0.2) is 0 Å². The highest BCUT2D eigenvalue weighted by Gasteiger charge is 2.31. The average Bonchev–Trinajstić information content (AvgIpc) is 2.40. The van der Waals surface area contributed by atoms with Gasteiger partial charge in [-0.3, -0.25) is 4.79 Å². The van der Waals surface area contributed by atoms with Gasteiger partial charge in [-0.05, 0) is 38.5 Å². The fourth-order valence-electron chi connectivity index (χ4n) is 1.96. The van der Waals surface area contributed by atoms with Crippen molar-refractivity contribution >= 4 is 6.29 Å². The second-order valence-corrected chi connectivity index (χ2v) is 4.47. The van der Waals surface area contributed by atoms with Crippen LogP contribution in [0.3, 0.4) is 0 Å². The van der Waals surface area contributed by atoms with Gasteiger partial charge in [0.05, 0.1) is 0 Å². The van der Waals surface area contributed by atoms with Gasteiger partial charge in [0.25, 0.3) is 0 Å². The van der Waals surface area contributed by atoms with E-state index in [-0.39, 0.29) is 5.60 Å². The number of benzene rings is 1. The minimum Gasteiger partial charge on any atom is -0.487 e. The smallest absolute Gasteiger partial charge is 0.150 e. The second-order valence-electron chi connectivity index (χ2n) is 4.47.